The number of amidine groups is 1. The molecule has 0 aromatic carbocycles. The van der Waals surface area contributed by atoms with Crippen LogP contribution < -0.4 is 11.1 Å². The molecule has 2 aliphatic rings. The van der Waals surface area contributed by atoms with Crippen LogP contribution in [0, 0.1) is 0 Å². The average Bonchev–Trinajstić information content (AvgIpc) is 2.86. The molecule has 0 aromatic heterocycles. The quantitative estimate of drug-likeness (QED) is 0.543. The van der Waals surface area contributed by atoms with Crippen LogP contribution in [-0.4, -0.2) is 30.0 Å². The van der Waals surface area contributed by atoms with Crippen molar-refractivity contribution in [2.45, 2.75) is 44.6 Å². The van der Waals surface area contributed by atoms with Gasteiger partial charge in [0.15, 0.2) is 0 Å². The lowest BCUT2D eigenvalue weighted by molar-refractivity contribution is -0.123. The third kappa shape index (κ3) is 2.40. The van der Waals surface area contributed by atoms with E-state index in [0.29, 0.717) is 6.61 Å². The first-order chi connectivity index (χ1) is 8.16. The second-order valence-corrected chi connectivity index (χ2v) is 4.43. The van der Waals surface area contributed by atoms with Crippen LogP contribution in [0.25, 0.3) is 0 Å². The summed E-state index contributed by atoms with van der Waals surface area (Å²) < 4.78 is 5.14. The molecule has 0 aromatic rings. The number of guanidine groups is 1. The Morgan fingerprint density at radius 2 is 2.29 bits per heavy atom. The predicted octanol–water partition coefficient (Wildman–Crippen LogP) is 0.526. The lowest BCUT2D eigenvalue weighted by atomic mass is 9.99. The number of hydrogen-bond donors (Lipinski definition) is 2. The van der Waals surface area contributed by atoms with E-state index in [9.17, 15) is 4.79 Å². The van der Waals surface area contributed by atoms with Crippen molar-refractivity contribution in [3.63, 3.8) is 0 Å². The molecule has 0 unspecified atom stereocenters. The van der Waals surface area contributed by atoms with Gasteiger partial charge < -0.3 is 10.5 Å². The second kappa shape index (κ2) is 4.73. The highest BCUT2D eigenvalue weighted by Gasteiger charge is 2.45. The molecule has 94 valence electrons. The number of aliphatic imine (C=N–C) groups is 2. The standard InChI is InChI=1S/C11H18N4O2/c1-2-7-17-9(12)14-10-13-8(16)11(15-10)5-3-4-6-11/h2-7H2,1H3,(H3,12,13,14,15,16). The lowest BCUT2D eigenvalue weighted by Gasteiger charge is -2.13. The Morgan fingerprint density at radius 1 is 1.59 bits per heavy atom. The maximum absolute atomic E-state index is 11.8. The molecule has 0 bridgehead atoms. The van der Waals surface area contributed by atoms with Crippen molar-refractivity contribution < 1.29 is 9.53 Å². The number of rotatable bonds is 2. The van der Waals surface area contributed by atoms with Gasteiger partial charge in [-0.3, -0.25) is 10.1 Å². The number of nitrogens with one attached hydrogen (secondary N) is 1. The zero-order chi connectivity index (χ0) is 12.3. The molecule has 0 saturated heterocycles. The van der Waals surface area contributed by atoms with E-state index in [-0.39, 0.29) is 17.9 Å². The Hall–Kier alpha value is -1.59. The van der Waals surface area contributed by atoms with Gasteiger partial charge in [0.05, 0.1) is 6.61 Å². The summed E-state index contributed by atoms with van der Waals surface area (Å²) >= 11 is 0. The Balaban J connectivity index is 2.05. The zero-order valence-electron chi connectivity index (χ0n) is 10.0. The van der Waals surface area contributed by atoms with Gasteiger partial charge in [0, 0.05) is 0 Å². The summed E-state index contributed by atoms with van der Waals surface area (Å²) in [6.07, 6.45) is 4.53. The van der Waals surface area contributed by atoms with E-state index in [1.54, 1.807) is 0 Å². The Morgan fingerprint density at radius 3 is 2.94 bits per heavy atom. The van der Waals surface area contributed by atoms with E-state index in [4.69, 9.17) is 10.5 Å². The summed E-state index contributed by atoms with van der Waals surface area (Å²) in [5, 5.41) is 2.66. The highest BCUT2D eigenvalue weighted by Crippen LogP contribution is 2.35. The summed E-state index contributed by atoms with van der Waals surface area (Å²) in [4.78, 5) is 20.2. The van der Waals surface area contributed by atoms with Crippen molar-refractivity contribution >= 4 is 17.9 Å². The van der Waals surface area contributed by atoms with Crippen LogP contribution in [0.3, 0.4) is 0 Å². The molecule has 1 saturated carbocycles. The Labute approximate surface area is 100 Å². The third-order valence-electron chi connectivity index (χ3n) is 3.07. The van der Waals surface area contributed by atoms with Gasteiger partial charge in [0.25, 0.3) is 11.9 Å². The number of carbonyl (C=O) groups is 1. The minimum absolute atomic E-state index is 0.0564. The van der Waals surface area contributed by atoms with E-state index in [1.165, 1.54) is 0 Å². The molecule has 17 heavy (non-hydrogen) atoms. The van der Waals surface area contributed by atoms with E-state index in [2.05, 4.69) is 15.3 Å². The van der Waals surface area contributed by atoms with Crippen molar-refractivity contribution in [3.8, 4) is 0 Å². The van der Waals surface area contributed by atoms with E-state index < -0.39 is 5.54 Å². The largest absolute Gasteiger partial charge is 0.465 e. The molecule has 1 aliphatic carbocycles. The molecule has 1 fully saturated rings. The number of amides is 1. The van der Waals surface area contributed by atoms with Crippen molar-refractivity contribution in [1.29, 1.82) is 0 Å². The zero-order valence-corrected chi connectivity index (χ0v) is 10.0. The molecule has 6 heteroatoms. The van der Waals surface area contributed by atoms with Crippen LogP contribution in [0.2, 0.25) is 0 Å². The maximum atomic E-state index is 11.8. The van der Waals surface area contributed by atoms with Crippen molar-refractivity contribution in [2.24, 2.45) is 15.7 Å². The molecule has 1 heterocycles. The van der Waals surface area contributed by atoms with Crippen molar-refractivity contribution in [1.82, 2.24) is 5.32 Å². The van der Waals surface area contributed by atoms with E-state index in [1.807, 2.05) is 6.92 Å². The molecular formula is C11H18N4O2. The fourth-order valence-electron chi connectivity index (χ4n) is 2.19. The van der Waals surface area contributed by atoms with Crippen LogP contribution in [-0.2, 0) is 9.53 Å². The number of nitrogens with zero attached hydrogens (tertiary/aromatic N) is 2. The fourth-order valence-corrected chi connectivity index (χ4v) is 2.19. The number of carbonyl (C=O) groups excluding carboxylic acids is 1. The van der Waals surface area contributed by atoms with Gasteiger partial charge in [0.2, 0.25) is 5.96 Å². The summed E-state index contributed by atoms with van der Waals surface area (Å²) in [7, 11) is 0. The Bertz CT molecular complexity index is 370. The molecule has 1 aliphatic heterocycles. The van der Waals surface area contributed by atoms with Gasteiger partial charge in [-0.05, 0) is 19.3 Å². The fraction of sp³-hybridized carbons (Fsp3) is 0.727. The monoisotopic (exact) mass is 238 g/mol. The molecule has 2 rings (SSSR count). The van der Waals surface area contributed by atoms with Gasteiger partial charge in [-0.1, -0.05) is 19.8 Å². The molecular weight excluding hydrogens is 220 g/mol. The average molecular weight is 238 g/mol. The number of hydrogen-bond acceptors (Lipinski definition) is 4. The number of nitrogens with two attached hydrogens (primary N) is 1. The van der Waals surface area contributed by atoms with E-state index in [0.717, 1.165) is 32.1 Å². The van der Waals surface area contributed by atoms with Gasteiger partial charge in [-0.2, -0.15) is 4.99 Å². The summed E-state index contributed by atoms with van der Waals surface area (Å²) in [6.45, 7) is 2.50. The number of ether oxygens (including phenoxy) is 1. The van der Waals surface area contributed by atoms with Crippen LogP contribution in [0.1, 0.15) is 39.0 Å². The predicted molar refractivity (Wildman–Crippen MR) is 64.6 cm³/mol. The van der Waals surface area contributed by atoms with Gasteiger partial charge >= 0.3 is 0 Å². The smallest absolute Gasteiger partial charge is 0.289 e. The highest BCUT2D eigenvalue weighted by molar-refractivity contribution is 6.10. The second-order valence-electron chi connectivity index (χ2n) is 4.43. The highest BCUT2D eigenvalue weighted by atomic mass is 16.5. The SMILES string of the molecule is CCCO/C(N)=N/C1=NC2(CCCC2)C(=O)N1. The van der Waals surface area contributed by atoms with Crippen LogP contribution >= 0.6 is 0 Å². The van der Waals surface area contributed by atoms with Crippen molar-refractivity contribution in [2.75, 3.05) is 6.61 Å². The topological polar surface area (TPSA) is 89.1 Å². The normalized spacial score (nSPS) is 22.8. The minimum atomic E-state index is -0.579. The molecule has 3 N–H and O–H groups in total. The summed E-state index contributed by atoms with van der Waals surface area (Å²) in [5.74, 6) is 0.225. The minimum Gasteiger partial charge on any atom is -0.465 e. The van der Waals surface area contributed by atoms with Gasteiger partial charge in [0.1, 0.15) is 5.54 Å². The molecule has 0 radical (unpaired) electrons. The first-order valence-electron chi connectivity index (χ1n) is 6.04. The molecule has 0 atom stereocenters. The molecule has 1 amide bonds. The maximum Gasteiger partial charge on any atom is 0.289 e. The third-order valence-corrected chi connectivity index (χ3v) is 3.07. The Kier molecular flexibility index (Phi) is 3.31. The van der Waals surface area contributed by atoms with Crippen molar-refractivity contribution in [3.05, 3.63) is 0 Å². The molecule has 1 spiro atoms. The lowest BCUT2D eigenvalue weighted by Crippen LogP contribution is -2.37. The van der Waals surface area contributed by atoms with Crippen LogP contribution in [0.5, 0.6) is 0 Å². The first kappa shape index (κ1) is 11.9. The first-order valence-corrected chi connectivity index (χ1v) is 6.04. The van der Waals surface area contributed by atoms with Crippen LogP contribution in [0.15, 0.2) is 9.98 Å². The summed E-state index contributed by atoms with van der Waals surface area (Å²) in [5.41, 5.74) is 4.99. The van der Waals surface area contributed by atoms with Gasteiger partial charge in [-0.25, -0.2) is 4.99 Å². The molecule has 6 nitrogen and oxygen atoms in total. The van der Waals surface area contributed by atoms with Crippen LogP contribution in [0.4, 0.5) is 0 Å². The summed E-state index contributed by atoms with van der Waals surface area (Å²) in [6, 6.07) is 0.0564. The van der Waals surface area contributed by atoms with Gasteiger partial charge in [-0.15, -0.1) is 0 Å². The van der Waals surface area contributed by atoms with E-state index >= 15 is 0 Å².